The van der Waals surface area contributed by atoms with Crippen molar-refractivity contribution in [1.29, 1.82) is 0 Å². The number of para-hydroxylation sites is 1. The van der Waals surface area contributed by atoms with Gasteiger partial charge in [0.25, 0.3) is 0 Å². The van der Waals surface area contributed by atoms with E-state index in [1.165, 1.54) is 17.4 Å². The number of hydrogen-bond donors (Lipinski definition) is 1. The fraction of sp³-hybridized carbons (Fsp3) is 0.357. The fourth-order valence-electron chi connectivity index (χ4n) is 2.44. The van der Waals surface area contributed by atoms with E-state index in [-0.39, 0.29) is 11.7 Å². The van der Waals surface area contributed by atoms with Crippen LogP contribution in [0, 0.1) is 5.82 Å². The summed E-state index contributed by atoms with van der Waals surface area (Å²) in [5.41, 5.74) is 2.20. The lowest BCUT2D eigenvalue weighted by molar-refractivity contribution is -0.117. The maximum absolute atomic E-state index is 13.8. The molecule has 1 fully saturated rings. The molecule has 6 nitrogen and oxygen atoms in total. The molecule has 1 aromatic carbocycles. The number of nitrogens with one attached hydrogen (secondary N) is 1. The lowest BCUT2D eigenvalue weighted by Gasteiger charge is -2.35. The molecule has 2 heterocycles. The van der Waals surface area contributed by atoms with Gasteiger partial charge in [0.05, 0.1) is 12.2 Å². The summed E-state index contributed by atoms with van der Waals surface area (Å²) in [4.78, 5) is 16.0. The Morgan fingerprint density at radius 2 is 2.05 bits per heavy atom. The van der Waals surface area contributed by atoms with Crippen LogP contribution in [0.4, 0.5) is 15.2 Å². The number of nitrogens with zero attached hydrogens (tertiary/aromatic N) is 4. The van der Waals surface area contributed by atoms with E-state index >= 15 is 0 Å². The van der Waals surface area contributed by atoms with Gasteiger partial charge in [0, 0.05) is 26.2 Å². The largest absolute Gasteiger partial charge is 0.367 e. The van der Waals surface area contributed by atoms with Crippen molar-refractivity contribution in [3.8, 4) is 0 Å². The van der Waals surface area contributed by atoms with Crippen LogP contribution in [0.5, 0.6) is 0 Å². The van der Waals surface area contributed by atoms with Gasteiger partial charge >= 0.3 is 0 Å². The minimum Gasteiger partial charge on any atom is -0.367 e. The van der Waals surface area contributed by atoms with Crippen molar-refractivity contribution in [2.24, 2.45) is 0 Å². The average molecular weight is 321 g/mol. The topological polar surface area (TPSA) is 61.4 Å². The second-order valence-corrected chi connectivity index (χ2v) is 5.84. The second-order valence-electron chi connectivity index (χ2n) is 5.01. The third kappa shape index (κ3) is 3.58. The number of hydrogen-bond acceptors (Lipinski definition) is 6. The molecular formula is C14H16FN5OS. The number of piperazine rings is 1. The lowest BCUT2D eigenvalue weighted by Crippen LogP contribution is -2.48. The highest BCUT2D eigenvalue weighted by Crippen LogP contribution is 2.20. The molecule has 0 saturated carbocycles. The second kappa shape index (κ2) is 6.80. The Kier molecular flexibility index (Phi) is 4.59. The van der Waals surface area contributed by atoms with Crippen molar-refractivity contribution in [2.75, 3.05) is 42.9 Å². The zero-order valence-electron chi connectivity index (χ0n) is 11.9. The SMILES string of the molecule is O=C(CN1CCN(c2ccccc2F)CC1)Nc1nncs1. The van der Waals surface area contributed by atoms with Crippen molar-refractivity contribution < 1.29 is 9.18 Å². The highest BCUT2D eigenvalue weighted by Gasteiger charge is 2.21. The molecule has 0 radical (unpaired) electrons. The minimum absolute atomic E-state index is 0.101. The Hall–Kier alpha value is -2.06. The monoisotopic (exact) mass is 321 g/mol. The number of carbonyl (C=O) groups is 1. The number of benzene rings is 1. The van der Waals surface area contributed by atoms with Crippen LogP contribution in [0.3, 0.4) is 0 Å². The zero-order valence-corrected chi connectivity index (χ0v) is 12.7. The van der Waals surface area contributed by atoms with E-state index in [1.807, 2.05) is 15.9 Å². The predicted molar refractivity (Wildman–Crippen MR) is 83.6 cm³/mol. The predicted octanol–water partition coefficient (Wildman–Crippen LogP) is 1.44. The Bertz CT molecular complexity index is 628. The van der Waals surface area contributed by atoms with E-state index < -0.39 is 0 Å². The first kappa shape index (κ1) is 14.9. The molecule has 1 aliphatic heterocycles. The first-order valence-corrected chi connectivity index (χ1v) is 7.88. The minimum atomic E-state index is -0.204. The summed E-state index contributed by atoms with van der Waals surface area (Å²) in [6, 6.07) is 6.78. The molecule has 22 heavy (non-hydrogen) atoms. The quantitative estimate of drug-likeness (QED) is 0.923. The maximum atomic E-state index is 13.8. The van der Waals surface area contributed by atoms with E-state index in [2.05, 4.69) is 15.5 Å². The highest BCUT2D eigenvalue weighted by atomic mass is 32.1. The third-order valence-corrected chi connectivity index (χ3v) is 4.15. The van der Waals surface area contributed by atoms with E-state index in [9.17, 15) is 9.18 Å². The van der Waals surface area contributed by atoms with Gasteiger partial charge in [-0.25, -0.2) is 4.39 Å². The van der Waals surface area contributed by atoms with Crippen LogP contribution >= 0.6 is 11.3 Å². The van der Waals surface area contributed by atoms with E-state index in [1.54, 1.807) is 17.6 Å². The number of amides is 1. The first-order valence-electron chi connectivity index (χ1n) is 7.00. The fourth-order valence-corrected chi connectivity index (χ4v) is 2.91. The van der Waals surface area contributed by atoms with Crippen molar-refractivity contribution in [3.05, 3.63) is 35.6 Å². The molecule has 0 aliphatic carbocycles. The standard InChI is InChI=1S/C14H16FN5OS/c15-11-3-1-2-4-12(11)20-7-5-19(6-8-20)9-13(21)17-14-18-16-10-22-14/h1-4,10H,5-9H2,(H,17,18,21). The molecule has 1 saturated heterocycles. The number of rotatable bonds is 4. The van der Waals surface area contributed by atoms with Crippen LogP contribution < -0.4 is 10.2 Å². The summed E-state index contributed by atoms with van der Waals surface area (Å²) < 4.78 is 13.8. The number of anilines is 2. The summed E-state index contributed by atoms with van der Waals surface area (Å²) in [7, 11) is 0. The van der Waals surface area contributed by atoms with Gasteiger partial charge in [0.1, 0.15) is 11.3 Å². The van der Waals surface area contributed by atoms with E-state index in [0.29, 0.717) is 30.5 Å². The maximum Gasteiger partial charge on any atom is 0.240 e. The van der Waals surface area contributed by atoms with Gasteiger partial charge in [-0.05, 0) is 12.1 Å². The Morgan fingerprint density at radius 1 is 1.27 bits per heavy atom. The number of aromatic nitrogens is 2. The van der Waals surface area contributed by atoms with Gasteiger partial charge < -0.3 is 4.90 Å². The van der Waals surface area contributed by atoms with Gasteiger partial charge in [-0.15, -0.1) is 10.2 Å². The Morgan fingerprint density at radius 3 is 2.73 bits per heavy atom. The summed E-state index contributed by atoms with van der Waals surface area (Å²) in [6.45, 7) is 3.15. The van der Waals surface area contributed by atoms with Crippen LogP contribution in [0.1, 0.15) is 0 Å². The molecule has 8 heteroatoms. The molecule has 3 rings (SSSR count). The van der Waals surface area contributed by atoms with Crippen LogP contribution in [0.25, 0.3) is 0 Å². The van der Waals surface area contributed by atoms with Gasteiger partial charge in [-0.2, -0.15) is 0 Å². The number of halogens is 1. The smallest absolute Gasteiger partial charge is 0.240 e. The molecule has 1 aliphatic rings. The molecule has 1 N–H and O–H groups in total. The van der Waals surface area contributed by atoms with Gasteiger partial charge in [-0.1, -0.05) is 23.5 Å². The van der Waals surface area contributed by atoms with Crippen molar-refractivity contribution >= 4 is 28.1 Å². The number of carbonyl (C=O) groups excluding carboxylic acids is 1. The van der Waals surface area contributed by atoms with Gasteiger partial charge in [0.15, 0.2) is 0 Å². The average Bonchev–Trinajstić information content (AvgIpc) is 3.01. The van der Waals surface area contributed by atoms with Crippen molar-refractivity contribution in [3.63, 3.8) is 0 Å². The molecular weight excluding hydrogens is 305 g/mol. The molecule has 1 amide bonds. The van der Waals surface area contributed by atoms with Gasteiger partial charge in [0.2, 0.25) is 11.0 Å². The first-order chi connectivity index (χ1) is 10.7. The zero-order chi connectivity index (χ0) is 15.4. The van der Waals surface area contributed by atoms with Gasteiger partial charge in [-0.3, -0.25) is 15.0 Å². The van der Waals surface area contributed by atoms with Crippen LogP contribution in [-0.4, -0.2) is 53.7 Å². The summed E-state index contributed by atoms with van der Waals surface area (Å²) in [6.07, 6.45) is 0. The van der Waals surface area contributed by atoms with Crippen molar-refractivity contribution in [2.45, 2.75) is 0 Å². The van der Waals surface area contributed by atoms with E-state index in [4.69, 9.17) is 0 Å². The molecule has 2 aromatic rings. The van der Waals surface area contributed by atoms with Crippen LogP contribution in [0.2, 0.25) is 0 Å². The summed E-state index contributed by atoms with van der Waals surface area (Å²) in [5, 5.41) is 10.7. The molecule has 1 aromatic heterocycles. The summed E-state index contributed by atoms with van der Waals surface area (Å²) >= 11 is 1.29. The highest BCUT2D eigenvalue weighted by molar-refractivity contribution is 7.13. The normalized spacial score (nSPS) is 15.8. The van der Waals surface area contributed by atoms with Crippen molar-refractivity contribution in [1.82, 2.24) is 15.1 Å². The lowest BCUT2D eigenvalue weighted by atomic mass is 10.2. The molecule has 0 unspecified atom stereocenters. The van der Waals surface area contributed by atoms with E-state index in [0.717, 1.165) is 13.1 Å². The van der Waals surface area contributed by atoms with Crippen LogP contribution in [-0.2, 0) is 4.79 Å². The summed E-state index contributed by atoms with van der Waals surface area (Å²) in [5.74, 6) is -0.305. The molecule has 0 atom stereocenters. The Labute approximate surface area is 131 Å². The molecule has 0 spiro atoms. The Balaban J connectivity index is 1.49. The molecule has 0 bridgehead atoms. The third-order valence-electron chi connectivity index (χ3n) is 3.54. The molecule has 116 valence electrons. The van der Waals surface area contributed by atoms with Crippen LogP contribution in [0.15, 0.2) is 29.8 Å².